The van der Waals surface area contributed by atoms with Gasteiger partial charge in [0.25, 0.3) is 0 Å². The summed E-state index contributed by atoms with van der Waals surface area (Å²) in [6.07, 6.45) is 4.77. The highest BCUT2D eigenvalue weighted by Crippen LogP contribution is 2.19. The van der Waals surface area contributed by atoms with Crippen molar-refractivity contribution in [1.29, 1.82) is 0 Å². The van der Waals surface area contributed by atoms with Gasteiger partial charge in [-0.15, -0.1) is 0 Å². The standard InChI is InChI=1S/C15H30N2O2/c1-5-9-16-15(3,14(18)19-4)12-17-10-6-7-13(2)8-11-17/h13,16H,5-12H2,1-4H3. The molecule has 0 aromatic heterocycles. The third kappa shape index (κ3) is 5.11. The lowest BCUT2D eigenvalue weighted by Crippen LogP contribution is -2.57. The smallest absolute Gasteiger partial charge is 0.327 e. The fourth-order valence-corrected chi connectivity index (χ4v) is 2.75. The number of methoxy groups -OCH3 is 1. The molecular weight excluding hydrogens is 240 g/mol. The Hall–Kier alpha value is -0.610. The van der Waals surface area contributed by atoms with Gasteiger partial charge in [0.05, 0.1) is 7.11 Å². The van der Waals surface area contributed by atoms with E-state index in [1.165, 1.54) is 26.4 Å². The zero-order valence-corrected chi connectivity index (χ0v) is 13.0. The molecule has 1 fully saturated rings. The molecule has 4 heteroatoms. The zero-order valence-electron chi connectivity index (χ0n) is 13.0. The second-order valence-corrected chi connectivity index (χ2v) is 6.06. The topological polar surface area (TPSA) is 41.6 Å². The molecule has 1 aliphatic rings. The van der Waals surface area contributed by atoms with Crippen molar-refractivity contribution in [3.8, 4) is 0 Å². The lowest BCUT2D eigenvalue weighted by molar-refractivity contribution is -0.148. The summed E-state index contributed by atoms with van der Waals surface area (Å²) in [7, 11) is 1.47. The summed E-state index contributed by atoms with van der Waals surface area (Å²) in [6.45, 7) is 10.1. The molecule has 2 unspecified atom stereocenters. The highest BCUT2D eigenvalue weighted by Gasteiger charge is 2.35. The first-order valence-electron chi connectivity index (χ1n) is 7.57. The van der Waals surface area contributed by atoms with Crippen molar-refractivity contribution in [3.05, 3.63) is 0 Å². The Bertz CT molecular complexity index is 283. The van der Waals surface area contributed by atoms with E-state index in [4.69, 9.17) is 4.74 Å². The lowest BCUT2D eigenvalue weighted by Gasteiger charge is -2.33. The van der Waals surface area contributed by atoms with Crippen LogP contribution in [0.4, 0.5) is 0 Å². The summed E-state index contributed by atoms with van der Waals surface area (Å²) in [5, 5.41) is 3.36. The van der Waals surface area contributed by atoms with Crippen LogP contribution in [-0.4, -0.2) is 49.7 Å². The van der Waals surface area contributed by atoms with E-state index in [-0.39, 0.29) is 5.97 Å². The minimum Gasteiger partial charge on any atom is -0.468 e. The Morgan fingerprint density at radius 3 is 2.79 bits per heavy atom. The van der Waals surface area contributed by atoms with E-state index in [0.717, 1.165) is 38.5 Å². The summed E-state index contributed by atoms with van der Waals surface area (Å²) >= 11 is 0. The fraction of sp³-hybridized carbons (Fsp3) is 0.933. The minimum absolute atomic E-state index is 0.154. The van der Waals surface area contributed by atoms with Gasteiger partial charge < -0.3 is 15.0 Å². The van der Waals surface area contributed by atoms with Gasteiger partial charge in [0.1, 0.15) is 5.54 Å². The molecule has 19 heavy (non-hydrogen) atoms. The minimum atomic E-state index is -0.585. The molecular formula is C15H30N2O2. The molecule has 4 nitrogen and oxygen atoms in total. The highest BCUT2D eigenvalue weighted by molar-refractivity contribution is 5.80. The number of esters is 1. The summed E-state index contributed by atoms with van der Waals surface area (Å²) < 4.78 is 4.98. The molecule has 0 bridgehead atoms. The van der Waals surface area contributed by atoms with Crippen molar-refractivity contribution in [2.24, 2.45) is 5.92 Å². The molecule has 112 valence electrons. The fourth-order valence-electron chi connectivity index (χ4n) is 2.75. The van der Waals surface area contributed by atoms with Crippen LogP contribution < -0.4 is 5.32 Å². The van der Waals surface area contributed by atoms with Gasteiger partial charge in [-0.3, -0.25) is 4.79 Å². The second kappa shape index (κ2) is 7.85. The van der Waals surface area contributed by atoms with Crippen LogP contribution in [0.2, 0.25) is 0 Å². The maximum atomic E-state index is 12.1. The third-order valence-electron chi connectivity index (χ3n) is 4.05. The maximum absolute atomic E-state index is 12.1. The molecule has 0 aromatic carbocycles. The maximum Gasteiger partial charge on any atom is 0.327 e. The Kier molecular flexibility index (Phi) is 6.80. The Labute approximate surface area is 117 Å². The van der Waals surface area contributed by atoms with Gasteiger partial charge in [0.15, 0.2) is 0 Å². The first-order chi connectivity index (χ1) is 9.01. The first-order valence-corrected chi connectivity index (χ1v) is 7.57. The summed E-state index contributed by atoms with van der Waals surface area (Å²) in [5.41, 5.74) is -0.585. The summed E-state index contributed by atoms with van der Waals surface area (Å²) in [5.74, 6) is 0.649. The largest absolute Gasteiger partial charge is 0.468 e. The number of hydrogen-bond acceptors (Lipinski definition) is 4. The lowest BCUT2D eigenvalue weighted by atomic mass is 10.0. The van der Waals surface area contributed by atoms with Crippen LogP contribution in [0.5, 0.6) is 0 Å². The molecule has 0 spiro atoms. The number of carbonyl (C=O) groups excluding carboxylic acids is 1. The quantitative estimate of drug-likeness (QED) is 0.750. The van der Waals surface area contributed by atoms with Crippen molar-refractivity contribution in [2.75, 3.05) is 33.3 Å². The number of likely N-dealkylation sites (tertiary alicyclic amines) is 1. The number of rotatable bonds is 6. The van der Waals surface area contributed by atoms with Gasteiger partial charge >= 0.3 is 5.97 Å². The van der Waals surface area contributed by atoms with E-state index in [1.54, 1.807) is 0 Å². The summed E-state index contributed by atoms with van der Waals surface area (Å²) in [6, 6.07) is 0. The normalized spacial score (nSPS) is 24.5. The van der Waals surface area contributed by atoms with Crippen molar-refractivity contribution < 1.29 is 9.53 Å². The number of nitrogens with one attached hydrogen (secondary N) is 1. The van der Waals surface area contributed by atoms with Crippen molar-refractivity contribution in [1.82, 2.24) is 10.2 Å². The van der Waals surface area contributed by atoms with Crippen LogP contribution in [0, 0.1) is 5.92 Å². The number of carbonyl (C=O) groups is 1. The van der Waals surface area contributed by atoms with Gasteiger partial charge in [0, 0.05) is 6.54 Å². The Balaban J connectivity index is 2.62. The predicted octanol–water partition coefficient (Wildman–Crippen LogP) is 2.04. The van der Waals surface area contributed by atoms with Gasteiger partial charge in [-0.1, -0.05) is 13.8 Å². The van der Waals surface area contributed by atoms with E-state index in [1.807, 2.05) is 6.92 Å². The Morgan fingerprint density at radius 2 is 2.16 bits per heavy atom. The monoisotopic (exact) mass is 270 g/mol. The van der Waals surface area contributed by atoms with Crippen LogP contribution in [0.25, 0.3) is 0 Å². The zero-order chi connectivity index (χ0) is 14.3. The predicted molar refractivity (Wildman–Crippen MR) is 78.2 cm³/mol. The van der Waals surface area contributed by atoms with Gasteiger partial charge in [-0.05, 0) is 58.2 Å². The van der Waals surface area contributed by atoms with E-state index in [2.05, 4.69) is 24.1 Å². The van der Waals surface area contributed by atoms with E-state index in [9.17, 15) is 4.79 Å². The van der Waals surface area contributed by atoms with Crippen LogP contribution in [0.1, 0.15) is 46.5 Å². The second-order valence-electron chi connectivity index (χ2n) is 6.06. The molecule has 0 aromatic rings. The molecule has 1 saturated heterocycles. The Morgan fingerprint density at radius 1 is 1.42 bits per heavy atom. The van der Waals surface area contributed by atoms with Crippen LogP contribution >= 0.6 is 0 Å². The van der Waals surface area contributed by atoms with Gasteiger partial charge in [-0.25, -0.2) is 0 Å². The van der Waals surface area contributed by atoms with Crippen molar-refractivity contribution in [3.63, 3.8) is 0 Å². The third-order valence-corrected chi connectivity index (χ3v) is 4.05. The molecule has 2 atom stereocenters. The molecule has 0 radical (unpaired) electrons. The molecule has 1 rings (SSSR count). The van der Waals surface area contributed by atoms with Gasteiger partial charge in [-0.2, -0.15) is 0 Å². The van der Waals surface area contributed by atoms with Crippen LogP contribution in [-0.2, 0) is 9.53 Å². The van der Waals surface area contributed by atoms with Crippen LogP contribution in [0.15, 0.2) is 0 Å². The highest BCUT2D eigenvalue weighted by atomic mass is 16.5. The number of hydrogen-bond donors (Lipinski definition) is 1. The average molecular weight is 270 g/mol. The molecule has 0 saturated carbocycles. The number of ether oxygens (including phenoxy) is 1. The molecule has 0 aliphatic carbocycles. The molecule has 1 aliphatic heterocycles. The van der Waals surface area contributed by atoms with Crippen molar-refractivity contribution >= 4 is 5.97 Å². The number of nitrogens with zero attached hydrogens (tertiary/aromatic N) is 1. The van der Waals surface area contributed by atoms with E-state index < -0.39 is 5.54 Å². The average Bonchev–Trinajstić information content (AvgIpc) is 2.60. The molecule has 0 amide bonds. The van der Waals surface area contributed by atoms with Crippen LogP contribution in [0.3, 0.4) is 0 Å². The van der Waals surface area contributed by atoms with Crippen molar-refractivity contribution in [2.45, 2.75) is 52.0 Å². The first kappa shape index (κ1) is 16.4. The molecule has 1 heterocycles. The molecule has 1 N–H and O–H groups in total. The SMILES string of the molecule is CCCNC(C)(CN1CCCC(C)CC1)C(=O)OC. The van der Waals surface area contributed by atoms with E-state index >= 15 is 0 Å². The summed E-state index contributed by atoms with van der Waals surface area (Å²) in [4.78, 5) is 14.5. The van der Waals surface area contributed by atoms with Gasteiger partial charge in [0.2, 0.25) is 0 Å². The van der Waals surface area contributed by atoms with E-state index in [0.29, 0.717) is 0 Å².